The second kappa shape index (κ2) is 6.66. The third kappa shape index (κ3) is 3.54. The highest BCUT2D eigenvalue weighted by molar-refractivity contribution is 7.99. The molecule has 1 N–H and O–H groups in total. The van der Waals surface area contributed by atoms with Crippen molar-refractivity contribution in [2.75, 3.05) is 0 Å². The van der Waals surface area contributed by atoms with E-state index in [9.17, 15) is 9.90 Å². The van der Waals surface area contributed by atoms with Crippen LogP contribution in [0, 0.1) is 11.3 Å². The molecule has 4 nitrogen and oxygen atoms in total. The molecule has 0 spiro atoms. The van der Waals surface area contributed by atoms with Crippen molar-refractivity contribution in [3.05, 3.63) is 65.4 Å². The van der Waals surface area contributed by atoms with Gasteiger partial charge in [-0.05, 0) is 66.3 Å². The zero-order valence-corrected chi connectivity index (χ0v) is 14.9. The molecule has 0 amide bonds. The maximum absolute atomic E-state index is 11.4. The first-order chi connectivity index (χ1) is 11.9. The number of hydrogen-bond acceptors (Lipinski definition) is 4. The molecule has 0 atom stereocenters. The fraction of sp³-hybridized carbons (Fsp3) is 0.200. The molecule has 0 aromatic heterocycles. The number of nitrogens with zero attached hydrogens (tertiary/aromatic N) is 2. The van der Waals surface area contributed by atoms with Crippen LogP contribution in [0.25, 0.3) is 17.2 Å². The monoisotopic (exact) mass is 350 g/mol. The Balaban J connectivity index is 1.93. The summed E-state index contributed by atoms with van der Waals surface area (Å²) in [4.78, 5) is 11.4. The van der Waals surface area contributed by atoms with Crippen LogP contribution < -0.4 is 0 Å². The van der Waals surface area contributed by atoms with E-state index in [0.29, 0.717) is 12.1 Å². The van der Waals surface area contributed by atoms with Gasteiger partial charge in [0.1, 0.15) is 4.75 Å². The van der Waals surface area contributed by atoms with Crippen LogP contribution in [-0.4, -0.2) is 20.1 Å². The van der Waals surface area contributed by atoms with Crippen molar-refractivity contribution in [2.45, 2.75) is 25.1 Å². The van der Waals surface area contributed by atoms with Crippen LogP contribution in [0.1, 0.15) is 30.5 Å². The molecule has 2 aromatic rings. The highest BCUT2D eigenvalue weighted by Crippen LogP contribution is 2.37. The van der Waals surface area contributed by atoms with Gasteiger partial charge in [0.05, 0.1) is 18.2 Å². The lowest BCUT2D eigenvalue weighted by Gasteiger charge is -2.31. The molecular formula is C20H18N2O2S. The molecule has 25 heavy (non-hydrogen) atoms. The fourth-order valence-electron chi connectivity index (χ4n) is 2.70. The molecule has 0 aliphatic carbocycles. The van der Waals surface area contributed by atoms with Crippen molar-refractivity contribution in [2.24, 2.45) is 0 Å². The Morgan fingerprint density at radius 2 is 1.96 bits per heavy atom. The molecule has 126 valence electrons. The summed E-state index contributed by atoms with van der Waals surface area (Å²) < 4.78 is 1.06. The van der Waals surface area contributed by atoms with E-state index in [1.165, 1.54) is 11.9 Å². The zero-order chi connectivity index (χ0) is 18.0. The van der Waals surface area contributed by atoms with E-state index in [2.05, 4.69) is 18.2 Å². The lowest BCUT2D eigenvalue weighted by Crippen LogP contribution is -2.32. The lowest BCUT2D eigenvalue weighted by molar-refractivity contribution is -0.138. The molecule has 1 aliphatic rings. The van der Waals surface area contributed by atoms with Crippen molar-refractivity contribution in [3.63, 3.8) is 0 Å². The van der Waals surface area contributed by atoms with Gasteiger partial charge in [-0.1, -0.05) is 30.3 Å². The first kappa shape index (κ1) is 17.1. The highest BCUT2D eigenvalue weighted by atomic mass is 32.2. The molecule has 0 saturated heterocycles. The van der Waals surface area contributed by atoms with Crippen molar-refractivity contribution < 1.29 is 9.90 Å². The summed E-state index contributed by atoms with van der Waals surface area (Å²) in [6.07, 6.45) is 3.94. The van der Waals surface area contributed by atoms with Gasteiger partial charge in [-0.15, -0.1) is 0 Å². The summed E-state index contributed by atoms with van der Waals surface area (Å²) in [6.45, 7) is 4.04. The summed E-state index contributed by atoms with van der Waals surface area (Å²) in [7, 11) is 0. The van der Waals surface area contributed by atoms with Crippen LogP contribution in [-0.2, 0) is 11.3 Å². The molecule has 2 aromatic carbocycles. The van der Waals surface area contributed by atoms with Crippen LogP contribution in [0.3, 0.4) is 0 Å². The first-order valence-corrected chi connectivity index (χ1v) is 8.68. The molecule has 1 heterocycles. The van der Waals surface area contributed by atoms with Gasteiger partial charge in [-0.3, -0.25) is 4.79 Å². The van der Waals surface area contributed by atoms with Gasteiger partial charge in [-0.2, -0.15) is 5.26 Å². The normalized spacial score (nSPS) is 13.2. The number of benzene rings is 2. The quantitative estimate of drug-likeness (QED) is 0.821. The molecule has 0 radical (unpaired) electrons. The summed E-state index contributed by atoms with van der Waals surface area (Å²) in [5.41, 5.74) is 5.07. The highest BCUT2D eigenvalue weighted by Gasteiger charge is 2.31. The van der Waals surface area contributed by atoms with E-state index in [4.69, 9.17) is 5.26 Å². The molecule has 0 bridgehead atoms. The largest absolute Gasteiger partial charge is 0.480 e. The number of hydrogen-bond donors (Lipinski definition) is 1. The summed E-state index contributed by atoms with van der Waals surface area (Å²) >= 11 is 1.31. The summed E-state index contributed by atoms with van der Waals surface area (Å²) in [5.74, 6) is -0.836. The minimum atomic E-state index is -0.898. The van der Waals surface area contributed by atoms with E-state index < -0.39 is 10.7 Å². The van der Waals surface area contributed by atoms with Crippen molar-refractivity contribution >= 4 is 24.0 Å². The molecule has 3 rings (SSSR count). The van der Waals surface area contributed by atoms with E-state index >= 15 is 0 Å². The van der Waals surface area contributed by atoms with Gasteiger partial charge < -0.3 is 9.41 Å². The van der Waals surface area contributed by atoms with E-state index in [-0.39, 0.29) is 0 Å². The van der Waals surface area contributed by atoms with Gasteiger partial charge in [0.15, 0.2) is 0 Å². The predicted molar refractivity (Wildman–Crippen MR) is 100 cm³/mol. The second-order valence-corrected chi connectivity index (χ2v) is 8.03. The maximum Gasteiger partial charge on any atom is 0.321 e. The SMILES string of the molecule is CC(C)(SN1C=Cc2cccc(-c3ccc(C#N)cc3)c2C1)C(=O)O. The average molecular weight is 350 g/mol. The van der Waals surface area contributed by atoms with E-state index in [0.717, 1.165) is 22.3 Å². The number of rotatable bonds is 4. The molecule has 1 aliphatic heterocycles. The van der Waals surface area contributed by atoms with Gasteiger partial charge >= 0.3 is 5.97 Å². The van der Waals surface area contributed by atoms with Gasteiger partial charge in [0.2, 0.25) is 0 Å². The Bertz CT molecular complexity index is 880. The lowest BCUT2D eigenvalue weighted by atomic mass is 9.93. The molecule has 0 fully saturated rings. The van der Waals surface area contributed by atoms with Crippen LogP contribution in [0.2, 0.25) is 0 Å². The minimum absolute atomic E-state index is 0.628. The smallest absolute Gasteiger partial charge is 0.321 e. The van der Waals surface area contributed by atoms with Crippen LogP contribution in [0.4, 0.5) is 0 Å². The predicted octanol–water partition coefficient (Wildman–Crippen LogP) is 4.52. The number of carboxylic acid groups (broad SMARTS) is 1. The first-order valence-electron chi connectivity index (χ1n) is 7.90. The third-order valence-corrected chi connectivity index (χ3v) is 5.25. The second-order valence-electron chi connectivity index (χ2n) is 6.36. The molecular weight excluding hydrogens is 332 g/mol. The zero-order valence-electron chi connectivity index (χ0n) is 14.1. The number of nitriles is 1. The van der Waals surface area contributed by atoms with Crippen LogP contribution in [0.15, 0.2) is 48.7 Å². The van der Waals surface area contributed by atoms with E-state index in [1.54, 1.807) is 13.8 Å². The number of aliphatic carboxylic acids is 1. The topological polar surface area (TPSA) is 64.3 Å². The van der Waals surface area contributed by atoms with Crippen molar-refractivity contribution in [1.82, 2.24) is 4.31 Å². The van der Waals surface area contributed by atoms with Gasteiger partial charge in [0.25, 0.3) is 0 Å². The van der Waals surface area contributed by atoms with Crippen molar-refractivity contribution in [1.29, 1.82) is 5.26 Å². The molecule has 0 unspecified atom stereocenters. The Hall–Kier alpha value is -2.71. The Kier molecular flexibility index (Phi) is 4.56. The standard InChI is InChI=1S/C20H18N2O2S/c1-20(2,19(23)24)25-22-11-10-15-4-3-5-17(18(15)13-22)16-8-6-14(12-21)7-9-16/h3-11H,13H2,1-2H3,(H,23,24). The average Bonchev–Trinajstić information content (AvgIpc) is 2.61. The Morgan fingerprint density at radius 3 is 2.60 bits per heavy atom. The Labute approximate surface area is 151 Å². The fourth-order valence-corrected chi connectivity index (χ4v) is 3.68. The number of carbonyl (C=O) groups is 1. The summed E-state index contributed by atoms with van der Waals surface area (Å²) in [6, 6.07) is 15.8. The van der Waals surface area contributed by atoms with Crippen molar-refractivity contribution in [3.8, 4) is 17.2 Å². The summed E-state index contributed by atoms with van der Waals surface area (Å²) in [5, 5.41) is 18.3. The molecule has 0 saturated carbocycles. The van der Waals surface area contributed by atoms with Gasteiger partial charge in [0, 0.05) is 6.20 Å². The molecule has 5 heteroatoms. The Morgan fingerprint density at radius 1 is 1.24 bits per heavy atom. The number of fused-ring (bicyclic) bond motifs is 1. The number of carboxylic acids is 1. The third-order valence-electron chi connectivity index (χ3n) is 4.13. The van der Waals surface area contributed by atoms with Crippen LogP contribution in [0.5, 0.6) is 0 Å². The minimum Gasteiger partial charge on any atom is -0.480 e. The van der Waals surface area contributed by atoms with Gasteiger partial charge in [-0.25, -0.2) is 0 Å². The van der Waals surface area contributed by atoms with E-state index in [1.807, 2.05) is 46.9 Å². The van der Waals surface area contributed by atoms with Crippen LogP contribution >= 0.6 is 11.9 Å². The maximum atomic E-state index is 11.4.